The number of aromatic nitrogens is 2. The van der Waals surface area contributed by atoms with E-state index in [1.807, 2.05) is 6.92 Å². The molecule has 0 aliphatic carbocycles. The molecule has 1 aromatic rings. The molecule has 0 fully saturated rings. The van der Waals surface area contributed by atoms with Crippen molar-refractivity contribution >= 4 is 15.9 Å². The van der Waals surface area contributed by atoms with Gasteiger partial charge in [-0.25, -0.2) is 0 Å². The van der Waals surface area contributed by atoms with Crippen LogP contribution in [0.15, 0.2) is 4.47 Å². The quantitative estimate of drug-likeness (QED) is 0.836. The molecule has 1 rings (SSSR count). The molecular weight excluding hydrogens is 304 g/mol. The topological polar surface area (TPSA) is 47.1 Å². The van der Waals surface area contributed by atoms with E-state index in [0.717, 1.165) is 36.2 Å². The lowest BCUT2D eigenvalue weighted by Crippen LogP contribution is -2.32. The molecule has 0 spiro atoms. The Balaban J connectivity index is 2.59. The minimum Gasteiger partial charge on any atom is -0.327 e. The Morgan fingerprint density at radius 2 is 2.05 bits per heavy atom. The van der Waals surface area contributed by atoms with E-state index < -0.39 is 0 Å². The Kier molecular flexibility index (Phi) is 6.50. The van der Waals surface area contributed by atoms with Gasteiger partial charge in [0.25, 0.3) is 0 Å². The van der Waals surface area contributed by atoms with Crippen molar-refractivity contribution in [2.75, 3.05) is 13.6 Å². The van der Waals surface area contributed by atoms with Crippen molar-refractivity contribution in [2.24, 2.45) is 11.7 Å². The minimum absolute atomic E-state index is 0.281. The first-order valence-electron chi connectivity index (χ1n) is 7.02. The van der Waals surface area contributed by atoms with Crippen LogP contribution in [-0.2, 0) is 13.1 Å². The molecule has 1 unspecified atom stereocenters. The van der Waals surface area contributed by atoms with E-state index in [9.17, 15) is 0 Å². The Hall–Kier alpha value is -0.390. The Labute approximate surface area is 125 Å². The van der Waals surface area contributed by atoms with E-state index in [-0.39, 0.29) is 6.04 Å². The fourth-order valence-corrected chi connectivity index (χ4v) is 2.47. The second-order valence-corrected chi connectivity index (χ2v) is 6.39. The van der Waals surface area contributed by atoms with Crippen LogP contribution >= 0.6 is 15.9 Å². The van der Waals surface area contributed by atoms with E-state index in [1.54, 1.807) is 0 Å². The highest BCUT2D eigenvalue weighted by Crippen LogP contribution is 2.22. The normalized spacial score (nSPS) is 13.5. The van der Waals surface area contributed by atoms with Crippen LogP contribution in [0.25, 0.3) is 0 Å². The summed E-state index contributed by atoms with van der Waals surface area (Å²) in [6, 6.07) is 0.281. The van der Waals surface area contributed by atoms with Gasteiger partial charge in [-0.05, 0) is 55.7 Å². The van der Waals surface area contributed by atoms with Crippen LogP contribution in [0.2, 0.25) is 0 Å². The SMILES string of the molecule is CCn1nc(C)c(Br)c1CN(C)CCC(N)C(C)C. The molecule has 0 bridgehead atoms. The summed E-state index contributed by atoms with van der Waals surface area (Å²) in [5.41, 5.74) is 8.40. The third-order valence-corrected chi connectivity index (χ3v) is 4.60. The van der Waals surface area contributed by atoms with Gasteiger partial charge in [0.2, 0.25) is 0 Å². The van der Waals surface area contributed by atoms with Gasteiger partial charge in [0.05, 0.1) is 15.9 Å². The number of hydrogen-bond donors (Lipinski definition) is 1. The number of nitrogens with two attached hydrogens (primary N) is 1. The molecular formula is C14H27BrN4. The van der Waals surface area contributed by atoms with Crippen molar-refractivity contribution < 1.29 is 0 Å². The standard InChI is InChI=1S/C14H27BrN4/c1-6-19-13(14(15)11(4)17-19)9-18(5)8-7-12(16)10(2)3/h10,12H,6-9,16H2,1-5H3. The van der Waals surface area contributed by atoms with E-state index in [2.05, 4.69) is 58.4 Å². The molecule has 5 heteroatoms. The molecule has 1 aromatic heterocycles. The summed E-state index contributed by atoms with van der Waals surface area (Å²) in [4.78, 5) is 2.32. The Morgan fingerprint density at radius 3 is 2.58 bits per heavy atom. The van der Waals surface area contributed by atoms with Crippen molar-refractivity contribution in [1.82, 2.24) is 14.7 Å². The Bertz CT molecular complexity index is 400. The maximum Gasteiger partial charge on any atom is 0.0739 e. The van der Waals surface area contributed by atoms with Crippen molar-refractivity contribution in [3.63, 3.8) is 0 Å². The third kappa shape index (κ3) is 4.58. The molecule has 1 atom stereocenters. The van der Waals surface area contributed by atoms with Crippen molar-refractivity contribution in [3.8, 4) is 0 Å². The van der Waals surface area contributed by atoms with Crippen LogP contribution in [0.4, 0.5) is 0 Å². The van der Waals surface area contributed by atoms with E-state index in [0.29, 0.717) is 5.92 Å². The molecule has 1 heterocycles. The van der Waals surface area contributed by atoms with Gasteiger partial charge in [0.15, 0.2) is 0 Å². The molecule has 19 heavy (non-hydrogen) atoms. The summed E-state index contributed by atoms with van der Waals surface area (Å²) in [6.07, 6.45) is 1.03. The largest absolute Gasteiger partial charge is 0.327 e. The molecule has 0 amide bonds. The second-order valence-electron chi connectivity index (χ2n) is 5.60. The van der Waals surface area contributed by atoms with Gasteiger partial charge in [-0.1, -0.05) is 13.8 Å². The van der Waals surface area contributed by atoms with Gasteiger partial charge in [-0.15, -0.1) is 0 Å². The molecule has 0 aliphatic rings. The zero-order valence-corrected chi connectivity index (χ0v) is 14.4. The lowest BCUT2D eigenvalue weighted by atomic mass is 10.0. The van der Waals surface area contributed by atoms with Gasteiger partial charge in [-0.2, -0.15) is 5.10 Å². The number of hydrogen-bond acceptors (Lipinski definition) is 3. The molecule has 0 saturated carbocycles. The zero-order valence-electron chi connectivity index (χ0n) is 12.8. The molecule has 0 saturated heterocycles. The van der Waals surface area contributed by atoms with Crippen LogP contribution in [0.1, 0.15) is 38.6 Å². The van der Waals surface area contributed by atoms with Gasteiger partial charge >= 0.3 is 0 Å². The molecule has 110 valence electrons. The highest BCUT2D eigenvalue weighted by atomic mass is 79.9. The number of nitrogens with zero attached hydrogens (tertiary/aromatic N) is 3. The summed E-state index contributed by atoms with van der Waals surface area (Å²) in [5, 5.41) is 4.52. The van der Waals surface area contributed by atoms with Crippen LogP contribution in [0, 0.1) is 12.8 Å². The maximum atomic E-state index is 6.09. The highest BCUT2D eigenvalue weighted by molar-refractivity contribution is 9.10. The molecule has 0 aromatic carbocycles. The van der Waals surface area contributed by atoms with E-state index in [1.165, 1.54) is 5.69 Å². The summed E-state index contributed by atoms with van der Waals surface area (Å²) in [6.45, 7) is 11.3. The lowest BCUT2D eigenvalue weighted by Gasteiger charge is -2.21. The molecule has 2 N–H and O–H groups in total. The fourth-order valence-electron chi connectivity index (χ4n) is 2.06. The van der Waals surface area contributed by atoms with Crippen LogP contribution in [0.3, 0.4) is 0 Å². The van der Waals surface area contributed by atoms with Crippen molar-refractivity contribution in [1.29, 1.82) is 0 Å². The van der Waals surface area contributed by atoms with Crippen LogP contribution < -0.4 is 5.73 Å². The molecule has 0 aliphatic heterocycles. The molecule has 4 nitrogen and oxygen atoms in total. The smallest absolute Gasteiger partial charge is 0.0739 e. The lowest BCUT2D eigenvalue weighted by molar-refractivity contribution is 0.287. The predicted octanol–water partition coefficient (Wildman–Crippen LogP) is 2.78. The van der Waals surface area contributed by atoms with Gasteiger partial charge in [0.1, 0.15) is 0 Å². The third-order valence-electron chi connectivity index (χ3n) is 3.57. The maximum absolute atomic E-state index is 6.09. The average molecular weight is 331 g/mol. The van der Waals surface area contributed by atoms with Crippen LogP contribution in [0.5, 0.6) is 0 Å². The van der Waals surface area contributed by atoms with E-state index in [4.69, 9.17) is 5.73 Å². The summed E-state index contributed by atoms with van der Waals surface area (Å²) in [5.74, 6) is 0.545. The fraction of sp³-hybridized carbons (Fsp3) is 0.786. The van der Waals surface area contributed by atoms with E-state index >= 15 is 0 Å². The highest BCUT2D eigenvalue weighted by Gasteiger charge is 2.15. The van der Waals surface area contributed by atoms with Crippen molar-refractivity contribution in [2.45, 2.75) is 53.2 Å². The van der Waals surface area contributed by atoms with Crippen molar-refractivity contribution in [3.05, 3.63) is 15.9 Å². The first-order valence-corrected chi connectivity index (χ1v) is 7.82. The van der Waals surface area contributed by atoms with Gasteiger partial charge in [0, 0.05) is 19.1 Å². The van der Waals surface area contributed by atoms with Crippen LogP contribution in [-0.4, -0.2) is 34.3 Å². The first kappa shape index (κ1) is 16.7. The summed E-state index contributed by atoms with van der Waals surface area (Å²) >= 11 is 3.64. The zero-order chi connectivity index (χ0) is 14.6. The number of rotatable bonds is 7. The predicted molar refractivity (Wildman–Crippen MR) is 84.1 cm³/mol. The minimum atomic E-state index is 0.281. The Morgan fingerprint density at radius 1 is 1.42 bits per heavy atom. The van der Waals surface area contributed by atoms with Gasteiger partial charge < -0.3 is 10.6 Å². The monoisotopic (exact) mass is 330 g/mol. The molecule has 0 radical (unpaired) electrons. The first-order chi connectivity index (χ1) is 8.86. The summed E-state index contributed by atoms with van der Waals surface area (Å²) in [7, 11) is 2.14. The second kappa shape index (κ2) is 7.41. The number of halogens is 1. The average Bonchev–Trinajstić information content (AvgIpc) is 2.63. The summed E-state index contributed by atoms with van der Waals surface area (Å²) < 4.78 is 3.20. The van der Waals surface area contributed by atoms with Gasteiger partial charge in [-0.3, -0.25) is 4.68 Å². The number of aryl methyl sites for hydroxylation is 2.